The average Bonchev–Trinajstić information content (AvgIpc) is 2.28. The average molecular weight is 256 g/mol. The Morgan fingerprint density at radius 3 is 2.94 bits per heavy atom. The van der Waals surface area contributed by atoms with Crippen LogP contribution in [0.4, 0.5) is 0 Å². The Morgan fingerprint density at radius 2 is 2.28 bits per heavy atom. The Balaban J connectivity index is 2.23. The third-order valence-corrected chi connectivity index (χ3v) is 3.18. The molecule has 0 aromatic carbocycles. The molecule has 0 bridgehead atoms. The molecule has 18 heavy (non-hydrogen) atoms. The molecule has 0 saturated carbocycles. The van der Waals surface area contributed by atoms with E-state index in [0.717, 1.165) is 26.2 Å². The van der Waals surface area contributed by atoms with Crippen LogP contribution in [0.2, 0.25) is 0 Å². The zero-order valence-electron chi connectivity index (χ0n) is 12.1. The van der Waals surface area contributed by atoms with E-state index in [1.807, 2.05) is 13.8 Å². The summed E-state index contributed by atoms with van der Waals surface area (Å²) in [6, 6.07) is 0. The largest absolute Gasteiger partial charge is 0.462 e. The fraction of sp³-hybridized carbons (Fsp3) is 0.929. The molecule has 0 spiro atoms. The van der Waals surface area contributed by atoms with Gasteiger partial charge in [0.05, 0.1) is 12.6 Å². The van der Waals surface area contributed by atoms with Crippen molar-refractivity contribution in [3.8, 4) is 0 Å². The lowest BCUT2D eigenvalue weighted by molar-refractivity contribution is -0.149. The molecule has 4 heteroatoms. The number of esters is 1. The van der Waals surface area contributed by atoms with Crippen molar-refractivity contribution in [2.45, 2.75) is 46.1 Å². The molecule has 1 fully saturated rings. The number of nitrogens with one attached hydrogen (secondary N) is 1. The van der Waals surface area contributed by atoms with Crippen LogP contribution in [0, 0.1) is 5.92 Å². The van der Waals surface area contributed by atoms with Crippen molar-refractivity contribution >= 4 is 5.97 Å². The summed E-state index contributed by atoms with van der Waals surface area (Å²) in [5, 5.41) is 3.47. The lowest BCUT2D eigenvalue weighted by atomic mass is 9.98. The summed E-state index contributed by atoms with van der Waals surface area (Å²) >= 11 is 0. The summed E-state index contributed by atoms with van der Waals surface area (Å²) < 4.78 is 5.19. The third-order valence-electron chi connectivity index (χ3n) is 3.18. The van der Waals surface area contributed by atoms with E-state index in [1.165, 1.54) is 19.3 Å². The number of carbonyl (C=O) groups is 1. The molecule has 4 nitrogen and oxygen atoms in total. The van der Waals surface area contributed by atoms with Crippen molar-refractivity contribution in [3.05, 3.63) is 0 Å². The van der Waals surface area contributed by atoms with E-state index >= 15 is 0 Å². The van der Waals surface area contributed by atoms with Crippen molar-refractivity contribution in [1.29, 1.82) is 0 Å². The van der Waals surface area contributed by atoms with E-state index < -0.39 is 0 Å². The van der Waals surface area contributed by atoms with Gasteiger partial charge < -0.3 is 10.1 Å². The van der Waals surface area contributed by atoms with E-state index in [9.17, 15) is 4.79 Å². The number of rotatable bonds is 7. The first-order chi connectivity index (χ1) is 8.61. The number of likely N-dealkylation sites (tertiary alicyclic amines) is 1. The first-order valence-corrected chi connectivity index (χ1v) is 7.24. The Bertz CT molecular complexity index is 244. The fourth-order valence-electron chi connectivity index (χ4n) is 2.43. The molecule has 1 N–H and O–H groups in total. The summed E-state index contributed by atoms with van der Waals surface area (Å²) in [4.78, 5) is 13.8. The van der Waals surface area contributed by atoms with Gasteiger partial charge in [-0.05, 0) is 58.7 Å². The van der Waals surface area contributed by atoms with Crippen LogP contribution in [0.1, 0.15) is 40.0 Å². The maximum atomic E-state index is 11.6. The van der Waals surface area contributed by atoms with Crippen molar-refractivity contribution < 1.29 is 9.53 Å². The van der Waals surface area contributed by atoms with Crippen molar-refractivity contribution in [2.75, 3.05) is 32.7 Å². The lowest BCUT2D eigenvalue weighted by Crippen LogP contribution is -2.42. The molecule has 0 aromatic heterocycles. The first-order valence-electron chi connectivity index (χ1n) is 7.24. The van der Waals surface area contributed by atoms with Crippen molar-refractivity contribution in [1.82, 2.24) is 10.2 Å². The van der Waals surface area contributed by atoms with Gasteiger partial charge in [0.15, 0.2) is 0 Å². The molecular formula is C14H28N2O2. The van der Waals surface area contributed by atoms with Crippen molar-refractivity contribution in [3.63, 3.8) is 0 Å². The van der Waals surface area contributed by atoms with E-state index in [4.69, 9.17) is 4.74 Å². The molecule has 0 aliphatic carbocycles. The van der Waals surface area contributed by atoms with Gasteiger partial charge in [-0.15, -0.1) is 0 Å². The molecular weight excluding hydrogens is 228 g/mol. The van der Waals surface area contributed by atoms with Gasteiger partial charge in [-0.1, -0.05) is 6.92 Å². The lowest BCUT2D eigenvalue weighted by Gasteiger charge is -2.32. The molecule has 0 aromatic rings. The van der Waals surface area contributed by atoms with Crippen LogP contribution < -0.4 is 5.32 Å². The summed E-state index contributed by atoms with van der Waals surface area (Å²) in [5.74, 6) is 0.587. The first kappa shape index (κ1) is 15.4. The zero-order chi connectivity index (χ0) is 13.4. The molecule has 1 unspecified atom stereocenters. The minimum Gasteiger partial charge on any atom is -0.462 e. The highest BCUT2D eigenvalue weighted by molar-refractivity contribution is 5.71. The van der Waals surface area contributed by atoms with Gasteiger partial charge in [0.1, 0.15) is 0 Å². The minimum absolute atomic E-state index is 0.00990. The summed E-state index contributed by atoms with van der Waals surface area (Å²) in [5.41, 5.74) is 0. The highest BCUT2D eigenvalue weighted by atomic mass is 16.5. The summed E-state index contributed by atoms with van der Waals surface area (Å²) in [6.07, 6.45) is 3.63. The van der Waals surface area contributed by atoms with Crippen LogP contribution in [0.5, 0.6) is 0 Å². The van der Waals surface area contributed by atoms with Gasteiger partial charge in [0.2, 0.25) is 0 Å². The molecule has 1 aliphatic rings. The smallest absolute Gasteiger partial charge is 0.320 e. The number of ether oxygens (including phenoxy) is 1. The van der Waals surface area contributed by atoms with Crippen LogP contribution in [0.3, 0.4) is 0 Å². The second-order valence-electron chi connectivity index (χ2n) is 5.49. The van der Waals surface area contributed by atoms with Crippen LogP contribution >= 0.6 is 0 Å². The molecule has 1 aliphatic heterocycles. The third kappa shape index (κ3) is 6.36. The highest BCUT2D eigenvalue weighted by Gasteiger charge is 2.21. The summed E-state index contributed by atoms with van der Waals surface area (Å²) in [7, 11) is 0. The van der Waals surface area contributed by atoms with E-state index in [0.29, 0.717) is 12.5 Å². The Kier molecular flexibility index (Phi) is 7.28. The summed E-state index contributed by atoms with van der Waals surface area (Å²) in [6.45, 7) is 10.6. The topological polar surface area (TPSA) is 41.6 Å². The van der Waals surface area contributed by atoms with Gasteiger partial charge >= 0.3 is 5.97 Å². The minimum atomic E-state index is -0.0906. The maximum absolute atomic E-state index is 11.6. The Morgan fingerprint density at radius 1 is 1.50 bits per heavy atom. The normalized spacial score (nSPS) is 21.2. The molecule has 106 valence electrons. The molecule has 1 rings (SSSR count). The fourth-order valence-corrected chi connectivity index (χ4v) is 2.43. The van der Waals surface area contributed by atoms with Crippen molar-refractivity contribution in [2.24, 2.45) is 5.92 Å². The van der Waals surface area contributed by atoms with E-state index in [2.05, 4.69) is 17.1 Å². The number of nitrogens with zero attached hydrogens (tertiary/aromatic N) is 1. The Labute approximate surface area is 111 Å². The maximum Gasteiger partial charge on any atom is 0.320 e. The van der Waals surface area contributed by atoms with E-state index in [1.54, 1.807) is 0 Å². The second-order valence-corrected chi connectivity index (χ2v) is 5.49. The quantitative estimate of drug-likeness (QED) is 0.555. The number of hydrogen-bond donors (Lipinski definition) is 1. The van der Waals surface area contributed by atoms with E-state index in [-0.39, 0.29) is 12.1 Å². The van der Waals surface area contributed by atoms with Crippen LogP contribution in [-0.4, -0.2) is 49.7 Å². The monoisotopic (exact) mass is 256 g/mol. The van der Waals surface area contributed by atoms with Gasteiger partial charge in [-0.3, -0.25) is 9.69 Å². The predicted octanol–water partition coefficient (Wildman–Crippen LogP) is 1.65. The molecule has 0 radical (unpaired) electrons. The van der Waals surface area contributed by atoms with Gasteiger partial charge in [0.25, 0.3) is 0 Å². The number of hydrogen-bond acceptors (Lipinski definition) is 4. The molecule has 0 amide bonds. The molecule has 1 heterocycles. The van der Waals surface area contributed by atoms with Gasteiger partial charge in [-0.25, -0.2) is 0 Å². The number of piperidine rings is 1. The van der Waals surface area contributed by atoms with Crippen LogP contribution in [-0.2, 0) is 9.53 Å². The van der Waals surface area contributed by atoms with Crippen LogP contribution in [0.15, 0.2) is 0 Å². The van der Waals surface area contributed by atoms with Gasteiger partial charge in [-0.2, -0.15) is 0 Å². The molecule has 1 saturated heterocycles. The zero-order valence-corrected chi connectivity index (χ0v) is 12.1. The molecule has 1 atom stereocenters. The second kappa shape index (κ2) is 8.48. The highest BCUT2D eigenvalue weighted by Crippen LogP contribution is 2.15. The Hall–Kier alpha value is -0.610. The predicted molar refractivity (Wildman–Crippen MR) is 73.6 cm³/mol. The number of carbonyl (C=O) groups excluding carboxylic acids is 1. The SMILES string of the molecule is CCCNCC1CCCN(CC(=O)OC(C)C)C1. The van der Waals surface area contributed by atoms with Crippen LogP contribution in [0.25, 0.3) is 0 Å². The van der Waals surface area contributed by atoms with Gasteiger partial charge in [0, 0.05) is 6.54 Å². The standard InChI is InChI=1S/C14H28N2O2/c1-4-7-15-9-13-6-5-8-16(10-13)11-14(17)18-12(2)3/h12-13,15H,4-11H2,1-3H3.